The van der Waals surface area contributed by atoms with Crippen LogP contribution >= 0.6 is 31.9 Å². The van der Waals surface area contributed by atoms with E-state index in [9.17, 15) is 8.42 Å². The van der Waals surface area contributed by atoms with Crippen LogP contribution in [0.2, 0.25) is 0 Å². The summed E-state index contributed by atoms with van der Waals surface area (Å²) in [6.07, 6.45) is 6.76. The fourth-order valence-corrected chi connectivity index (χ4v) is 5.31. The zero-order valence-electron chi connectivity index (χ0n) is 11.3. The third-order valence-corrected chi connectivity index (χ3v) is 6.88. The maximum atomic E-state index is 12.5. The monoisotopic (exact) mass is 424 g/mol. The standard InChI is InChI=1S/C13H18Br2N2O2S/c1-10-2-4-13(9-14,5-3-10)17-20(18,19)12-6-11(15)7-16-8-12/h6-8,10,17H,2-5,9H2,1H3. The normalized spacial score (nSPS) is 27.4. The van der Waals surface area contributed by atoms with Gasteiger partial charge in [0.2, 0.25) is 10.0 Å². The Morgan fingerprint density at radius 1 is 1.40 bits per heavy atom. The molecule has 1 fully saturated rings. The number of alkyl halides is 1. The quantitative estimate of drug-likeness (QED) is 0.751. The summed E-state index contributed by atoms with van der Waals surface area (Å²) in [4.78, 5) is 4.13. The van der Waals surface area contributed by atoms with Crippen LogP contribution < -0.4 is 4.72 Å². The first kappa shape index (κ1) is 16.4. The van der Waals surface area contributed by atoms with E-state index in [1.807, 2.05) is 0 Å². The lowest BCUT2D eigenvalue weighted by molar-refractivity contribution is 0.250. The fourth-order valence-electron chi connectivity index (χ4n) is 2.46. The zero-order chi connectivity index (χ0) is 14.8. The van der Waals surface area contributed by atoms with Gasteiger partial charge in [0.05, 0.1) is 0 Å². The third-order valence-electron chi connectivity index (χ3n) is 3.83. The molecule has 4 nitrogen and oxygen atoms in total. The van der Waals surface area contributed by atoms with Gasteiger partial charge in [0.25, 0.3) is 0 Å². The number of rotatable bonds is 4. The predicted octanol–water partition coefficient (Wildman–Crippen LogP) is 3.47. The van der Waals surface area contributed by atoms with Crippen molar-refractivity contribution < 1.29 is 8.42 Å². The molecule has 7 heteroatoms. The minimum Gasteiger partial charge on any atom is -0.262 e. The van der Waals surface area contributed by atoms with Crippen molar-refractivity contribution in [2.75, 3.05) is 5.33 Å². The van der Waals surface area contributed by atoms with Crippen molar-refractivity contribution in [1.82, 2.24) is 9.71 Å². The molecule has 1 aliphatic carbocycles. The molecule has 0 aromatic carbocycles. The molecule has 1 saturated carbocycles. The second-order valence-electron chi connectivity index (χ2n) is 5.54. The van der Waals surface area contributed by atoms with Crippen LogP contribution in [0.25, 0.3) is 0 Å². The molecule has 0 unspecified atom stereocenters. The van der Waals surface area contributed by atoms with E-state index in [-0.39, 0.29) is 10.4 Å². The summed E-state index contributed by atoms with van der Waals surface area (Å²) in [5.41, 5.74) is -0.381. The highest BCUT2D eigenvalue weighted by Crippen LogP contribution is 2.34. The molecule has 1 heterocycles. The second kappa shape index (κ2) is 6.42. The first-order valence-corrected chi connectivity index (χ1v) is 9.97. The molecular weight excluding hydrogens is 408 g/mol. The van der Waals surface area contributed by atoms with Crippen LogP contribution in [0.4, 0.5) is 0 Å². The molecule has 0 atom stereocenters. The SMILES string of the molecule is CC1CCC(CBr)(NS(=O)(=O)c2cncc(Br)c2)CC1. The van der Waals surface area contributed by atoms with E-state index in [2.05, 4.69) is 48.5 Å². The number of sulfonamides is 1. The number of halogens is 2. The summed E-state index contributed by atoms with van der Waals surface area (Å²) >= 11 is 6.73. The molecule has 1 aromatic rings. The Hall–Kier alpha value is 0.0200. The van der Waals surface area contributed by atoms with Gasteiger partial charge < -0.3 is 0 Å². The molecule has 0 aliphatic heterocycles. The summed E-state index contributed by atoms with van der Waals surface area (Å²) in [6, 6.07) is 1.57. The molecule has 0 radical (unpaired) electrons. The Morgan fingerprint density at radius 2 is 2.05 bits per heavy atom. The van der Waals surface area contributed by atoms with Crippen molar-refractivity contribution >= 4 is 41.9 Å². The first-order valence-electron chi connectivity index (χ1n) is 6.57. The van der Waals surface area contributed by atoms with Gasteiger partial charge in [0.1, 0.15) is 4.90 Å². The molecule has 0 spiro atoms. The van der Waals surface area contributed by atoms with Gasteiger partial charge in [0, 0.05) is 27.7 Å². The highest BCUT2D eigenvalue weighted by Gasteiger charge is 2.37. The van der Waals surface area contributed by atoms with E-state index in [1.54, 1.807) is 12.3 Å². The van der Waals surface area contributed by atoms with Gasteiger partial charge in [-0.25, -0.2) is 13.1 Å². The lowest BCUT2D eigenvalue weighted by atomic mass is 9.79. The molecular formula is C13H18Br2N2O2S. The van der Waals surface area contributed by atoms with Crippen molar-refractivity contribution in [3.8, 4) is 0 Å². The van der Waals surface area contributed by atoms with E-state index in [4.69, 9.17) is 0 Å². The molecule has 0 saturated heterocycles. The molecule has 1 aromatic heterocycles. The second-order valence-corrected chi connectivity index (χ2v) is 8.70. The van der Waals surface area contributed by atoms with Crippen LogP contribution in [0.1, 0.15) is 32.6 Å². The van der Waals surface area contributed by atoms with E-state index < -0.39 is 10.0 Å². The van der Waals surface area contributed by atoms with Crippen molar-refractivity contribution in [3.05, 3.63) is 22.9 Å². The minimum atomic E-state index is -3.54. The summed E-state index contributed by atoms with van der Waals surface area (Å²) < 4.78 is 28.6. The lowest BCUT2D eigenvalue weighted by Gasteiger charge is -2.38. The summed E-state index contributed by atoms with van der Waals surface area (Å²) in [5, 5.41) is 0.632. The number of hydrogen-bond acceptors (Lipinski definition) is 3. The lowest BCUT2D eigenvalue weighted by Crippen LogP contribution is -2.51. The van der Waals surface area contributed by atoms with Crippen molar-refractivity contribution in [2.24, 2.45) is 5.92 Å². The highest BCUT2D eigenvalue weighted by atomic mass is 79.9. The number of hydrogen-bond donors (Lipinski definition) is 1. The fraction of sp³-hybridized carbons (Fsp3) is 0.615. The average Bonchev–Trinajstić information content (AvgIpc) is 2.41. The van der Waals surface area contributed by atoms with E-state index >= 15 is 0 Å². The number of nitrogens with one attached hydrogen (secondary N) is 1. The van der Waals surface area contributed by atoms with Crippen LogP contribution in [0, 0.1) is 5.92 Å². The Balaban J connectivity index is 2.22. The van der Waals surface area contributed by atoms with Gasteiger partial charge in [-0.15, -0.1) is 0 Å². The van der Waals surface area contributed by atoms with Crippen molar-refractivity contribution in [1.29, 1.82) is 0 Å². The first-order chi connectivity index (χ1) is 9.37. The van der Waals surface area contributed by atoms with Crippen LogP contribution in [0.3, 0.4) is 0 Å². The van der Waals surface area contributed by atoms with Crippen LogP contribution in [0.5, 0.6) is 0 Å². The molecule has 0 amide bonds. The van der Waals surface area contributed by atoms with Gasteiger partial charge in [-0.2, -0.15) is 0 Å². The molecule has 0 bridgehead atoms. The smallest absolute Gasteiger partial charge is 0.242 e. The van der Waals surface area contributed by atoms with Crippen LogP contribution in [-0.2, 0) is 10.0 Å². The van der Waals surface area contributed by atoms with Crippen LogP contribution in [-0.4, -0.2) is 24.3 Å². The summed E-state index contributed by atoms with van der Waals surface area (Å²) in [7, 11) is -3.54. The largest absolute Gasteiger partial charge is 0.262 e. The molecule has 112 valence electrons. The number of nitrogens with zero attached hydrogens (tertiary/aromatic N) is 1. The Labute approximate surface area is 137 Å². The molecule has 2 rings (SSSR count). The Morgan fingerprint density at radius 3 is 2.60 bits per heavy atom. The Kier molecular flexibility index (Phi) is 5.26. The third kappa shape index (κ3) is 3.81. The maximum Gasteiger partial charge on any atom is 0.242 e. The molecule has 1 aliphatic rings. The average molecular weight is 426 g/mol. The number of aromatic nitrogens is 1. The van der Waals surface area contributed by atoms with E-state index in [0.717, 1.165) is 25.7 Å². The molecule has 1 N–H and O–H groups in total. The van der Waals surface area contributed by atoms with E-state index in [1.165, 1.54) is 6.20 Å². The zero-order valence-corrected chi connectivity index (χ0v) is 15.3. The topological polar surface area (TPSA) is 59.1 Å². The number of pyridine rings is 1. The van der Waals surface area contributed by atoms with Crippen LogP contribution in [0.15, 0.2) is 27.8 Å². The predicted molar refractivity (Wildman–Crippen MR) is 86.4 cm³/mol. The minimum absolute atomic E-state index is 0.200. The van der Waals surface area contributed by atoms with Gasteiger partial charge in [-0.05, 0) is 53.6 Å². The maximum absolute atomic E-state index is 12.5. The van der Waals surface area contributed by atoms with Gasteiger partial charge in [0.15, 0.2) is 0 Å². The summed E-state index contributed by atoms with van der Waals surface area (Å²) in [5.74, 6) is 0.666. The summed E-state index contributed by atoms with van der Waals surface area (Å²) in [6.45, 7) is 2.21. The van der Waals surface area contributed by atoms with E-state index in [0.29, 0.717) is 15.7 Å². The molecule has 20 heavy (non-hydrogen) atoms. The van der Waals surface area contributed by atoms with Gasteiger partial charge in [-0.1, -0.05) is 22.9 Å². The Bertz CT molecular complexity index is 569. The van der Waals surface area contributed by atoms with Crippen molar-refractivity contribution in [2.45, 2.75) is 43.0 Å². The van der Waals surface area contributed by atoms with Crippen molar-refractivity contribution in [3.63, 3.8) is 0 Å². The highest BCUT2D eigenvalue weighted by molar-refractivity contribution is 9.10. The van der Waals surface area contributed by atoms with Gasteiger partial charge in [-0.3, -0.25) is 4.98 Å². The van der Waals surface area contributed by atoms with Gasteiger partial charge >= 0.3 is 0 Å².